The second-order valence-electron chi connectivity index (χ2n) is 5.55. The van der Waals surface area contributed by atoms with Gasteiger partial charge in [0.15, 0.2) is 5.11 Å². The standard InChI is InChI=1S/C19H20N2O2S/c1-13(2)12-23-17-9-5-8-16(11-17)20-19(24)21-18(22)15-7-4-6-14(3)10-15/h4-11H,1,12H2,2-3H3,(H2,20,21,22,24). The minimum atomic E-state index is -0.245. The number of amides is 1. The monoisotopic (exact) mass is 340 g/mol. The van der Waals surface area contributed by atoms with Crippen LogP contribution in [-0.2, 0) is 0 Å². The summed E-state index contributed by atoms with van der Waals surface area (Å²) in [5.74, 6) is 0.460. The molecule has 0 fully saturated rings. The lowest BCUT2D eigenvalue weighted by Crippen LogP contribution is -2.34. The Morgan fingerprint density at radius 3 is 2.67 bits per heavy atom. The Hall–Kier alpha value is -2.66. The predicted octanol–water partition coefficient (Wildman–Crippen LogP) is 4.08. The van der Waals surface area contributed by atoms with E-state index in [-0.39, 0.29) is 11.0 Å². The molecule has 4 nitrogen and oxygen atoms in total. The first-order valence-corrected chi connectivity index (χ1v) is 7.91. The number of aryl methyl sites for hydroxylation is 1. The van der Waals surface area contributed by atoms with Crippen LogP contribution in [0.1, 0.15) is 22.8 Å². The second-order valence-corrected chi connectivity index (χ2v) is 5.96. The van der Waals surface area contributed by atoms with Crippen molar-refractivity contribution in [2.45, 2.75) is 13.8 Å². The van der Waals surface area contributed by atoms with Crippen molar-refractivity contribution in [1.29, 1.82) is 0 Å². The van der Waals surface area contributed by atoms with Gasteiger partial charge in [-0.25, -0.2) is 0 Å². The number of hydrogen-bond acceptors (Lipinski definition) is 3. The number of carbonyl (C=O) groups is 1. The van der Waals surface area contributed by atoms with Crippen molar-refractivity contribution < 1.29 is 9.53 Å². The fraction of sp³-hybridized carbons (Fsp3) is 0.158. The summed E-state index contributed by atoms with van der Waals surface area (Å²) in [6.45, 7) is 8.09. The largest absolute Gasteiger partial charge is 0.489 e. The molecule has 0 aliphatic heterocycles. The van der Waals surface area contributed by atoms with Crippen LogP contribution in [0, 0.1) is 6.92 Å². The van der Waals surface area contributed by atoms with Crippen molar-refractivity contribution in [2.75, 3.05) is 11.9 Å². The van der Waals surface area contributed by atoms with E-state index in [9.17, 15) is 4.79 Å². The average Bonchev–Trinajstić information content (AvgIpc) is 2.53. The summed E-state index contributed by atoms with van der Waals surface area (Å²) in [6.07, 6.45) is 0. The Kier molecular flexibility index (Phi) is 6.09. The fourth-order valence-corrected chi connectivity index (χ4v) is 2.20. The van der Waals surface area contributed by atoms with Crippen LogP contribution >= 0.6 is 12.2 Å². The first-order valence-electron chi connectivity index (χ1n) is 7.50. The van der Waals surface area contributed by atoms with E-state index in [2.05, 4.69) is 17.2 Å². The van der Waals surface area contributed by atoms with Crippen molar-refractivity contribution in [3.63, 3.8) is 0 Å². The summed E-state index contributed by atoms with van der Waals surface area (Å²) in [6, 6.07) is 14.7. The molecule has 0 spiro atoms. The highest BCUT2D eigenvalue weighted by molar-refractivity contribution is 7.80. The lowest BCUT2D eigenvalue weighted by atomic mass is 10.1. The molecule has 2 aromatic rings. The van der Waals surface area contributed by atoms with Crippen molar-refractivity contribution in [3.05, 3.63) is 71.8 Å². The highest BCUT2D eigenvalue weighted by Crippen LogP contribution is 2.17. The highest BCUT2D eigenvalue weighted by Gasteiger charge is 2.08. The quantitative estimate of drug-likeness (QED) is 0.636. The number of rotatable bonds is 5. The van der Waals surface area contributed by atoms with Crippen LogP contribution < -0.4 is 15.4 Å². The summed E-state index contributed by atoms with van der Waals surface area (Å²) >= 11 is 5.20. The molecule has 0 unspecified atom stereocenters. The van der Waals surface area contributed by atoms with E-state index in [1.165, 1.54) is 0 Å². The summed E-state index contributed by atoms with van der Waals surface area (Å²) in [5, 5.41) is 5.89. The molecule has 1 amide bonds. The minimum Gasteiger partial charge on any atom is -0.489 e. The number of carbonyl (C=O) groups excluding carboxylic acids is 1. The molecule has 0 heterocycles. The molecular formula is C19H20N2O2S. The Morgan fingerprint density at radius 2 is 1.96 bits per heavy atom. The zero-order valence-electron chi connectivity index (χ0n) is 13.8. The maximum absolute atomic E-state index is 12.2. The maximum atomic E-state index is 12.2. The van der Waals surface area contributed by atoms with E-state index in [1.54, 1.807) is 6.07 Å². The van der Waals surface area contributed by atoms with Gasteiger partial charge in [-0.2, -0.15) is 0 Å². The van der Waals surface area contributed by atoms with Crippen molar-refractivity contribution in [3.8, 4) is 5.75 Å². The molecule has 0 aliphatic carbocycles. The van der Waals surface area contributed by atoms with E-state index in [4.69, 9.17) is 17.0 Å². The minimum absolute atomic E-state index is 0.235. The smallest absolute Gasteiger partial charge is 0.257 e. The maximum Gasteiger partial charge on any atom is 0.257 e. The molecule has 0 saturated heterocycles. The zero-order chi connectivity index (χ0) is 17.5. The predicted molar refractivity (Wildman–Crippen MR) is 102 cm³/mol. The molecule has 2 aromatic carbocycles. The molecule has 0 aliphatic rings. The Morgan fingerprint density at radius 1 is 1.21 bits per heavy atom. The molecule has 0 saturated carbocycles. The molecule has 0 bridgehead atoms. The summed E-state index contributed by atoms with van der Waals surface area (Å²) in [4.78, 5) is 12.2. The van der Waals surface area contributed by atoms with Crippen LogP contribution in [0.4, 0.5) is 5.69 Å². The highest BCUT2D eigenvalue weighted by atomic mass is 32.1. The second kappa shape index (κ2) is 8.26. The zero-order valence-corrected chi connectivity index (χ0v) is 14.6. The summed E-state index contributed by atoms with van der Waals surface area (Å²) in [7, 11) is 0. The first kappa shape index (κ1) is 17.7. The lowest BCUT2D eigenvalue weighted by Gasteiger charge is -2.11. The third kappa shape index (κ3) is 5.52. The van der Waals surface area contributed by atoms with Crippen LogP contribution in [-0.4, -0.2) is 17.6 Å². The first-order chi connectivity index (χ1) is 11.4. The Bertz CT molecular complexity index is 771. The van der Waals surface area contributed by atoms with Crippen molar-refractivity contribution in [1.82, 2.24) is 5.32 Å². The Labute approximate surface area is 147 Å². The van der Waals surface area contributed by atoms with Crippen molar-refractivity contribution in [2.24, 2.45) is 0 Å². The van der Waals surface area contributed by atoms with Gasteiger partial charge in [-0.05, 0) is 55.9 Å². The van der Waals surface area contributed by atoms with E-state index in [0.717, 1.165) is 16.8 Å². The number of anilines is 1. The number of nitrogens with one attached hydrogen (secondary N) is 2. The molecule has 2 rings (SSSR count). The molecule has 124 valence electrons. The molecular weight excluding hydrogens is 320 g/mol. The molecule has 0 radical (unpaired) electrons. The molecule has 0 aromatic heterocycles. The van der Waals surface area contributed by atoms with Crippen LogP contribution in [0.25, 0.3) is 0 Å². The topological polar surface area (TPSA) is 50.4 Å². The number of hydrogen-bond donors (Lipinski definition) is 2. The number of ether oxygens (including phenoxy) is 1. The van der Waals surface area contributed by atoms with E-state index >= 15 is 0 Å². The van der Waals surface area contributed by atoms with Gasteiger partial charge in [0.25, 0.3) is 5.91 Å². The van der Waals surface area contributed by atoms with Gasteiger partial charge in [0.1, 0.15) is 12.4 Å². The van der Waals surface area contributed by atoms with E-state index in [1.807, 2.05) is 56.3 Å². The molecule has 2 N–H and O–H groups in total. The van der Waals surface area contributed by atoms with Gasteiger partial charge in [0, 0.05) is 17.3 Å². The van der Waals surface area contributed by atoms with Gasteiger partial charge < -0.3 is 10.1 Å². The van der Waals surface area contributed by atoms with Gasteiger partial charge >= 0.3 is 0 Å². The van der Waals surface area contributed by atoms with Crippen LogP contribution in [0.5, 0.6) is 5.75 Å². The third-order valence-electron chi connectivity index (χ3n) is 3.08. The van der Waals surface area contributed by atoms with Gasteiger partial charge in [-0.1, -0.05) is 30.3 Å². The van der Waals surface area contributed by atoms with Crippen LogP contribution in [0.15, 0.2) is 60.7 Å². The molecule has 5 heteroatoms. The van der Waals surface area contributed by atoms with E-state index in [0.29, 0.717) is 17.9 Å². The molecule has 24 heavy (non-hydrogen) atoms. The SMILES string of the molecule is C=C(C)COc1cccc(NC(=S)NC(=O)c2cccc(C)c2)c1. The summed E-state index contributed by atoms with van der Waals surface area (Å²) < 4.78 is 5.58. The molecule has 0 atom stereocenters. The van der Waals surface area contributed by atoms with Crippen LogP contribution in [0.3, 0.4) is 0 Å². The van der Waals surface area contributed by atoms with Gasteiger partial charge in [-0.3, -0.25) is 10.1 Å². The average molecular weight is 340 g/mol. The van der Waals surface area contributed by atoms with E-state index < -0.39 is 0 Å². The lowest BCUT2D eigenvalue weighted by molar-refractivity contribution is 0.0977. The normalized spacial score (nSPS) is 9.92. The van der Waals surface area contributed by atoms with Gasteiger partial charge in [0.05, 0.1) is 0 Å². The fourth-order valence-electron chi connectivity index (χ4n) is 1.99. The van der Waals surface area contributed by atoms with Gasteiger partial charge in [-0.15, -0.1) is 0 Å². The van der Waals surface area contributed by atoms with Crippen molar-refractivity contribution >= 4 is 28.9 Å². The number of benzene rings is 2. The summed E-state index contributed by atoms with van der Waals surface area (Å²) in [5.41, 5.74) is 3.26. The third-order valence-corrected chi connectivity index (χ3v) is 3.29. The Balaban J connectivity index is 1.95. The van der Waals surface area contributed by atoms with Crippen LogP contribution in [0.2, 0.25) is 0 Å². The van der Waals surface area contributed by atoms with Gasteiger partial charge in [0.2, 0.25) is 0 Å². The number of thiocarbonyl (C=S) groups is 1.